The number of allylic oxidation sites excluding steroid dienone is 2. The molecule has 0 aliphatic heterocycles. The summed E-state index contributed by atoms with van der Waals surface area (Å²) in [6.45, 7) is 5.93. The van der Waals surface area contributed by atoms with Crippen LogP contribution in [0.4, 0.5) is 0 Å². The molecule has 0 aromatic carbocycles. The summed E-state index contributed by atoms with van der Waals surface area (Å²) in [7, 11) is 0. The van der Waals surface area contributed by atoms with Crippen molar-refractivity contribution in [1.82, 2.24) is 0 Å². The van der Waals surface area contributed by atoms with Crippen LogP contribution in [0.5, 0.6) is 0 Å². The number of ether oxygens (including phenoxy) is 1. The number of hydrogen-bond acceptors (Lipinski definition) is 1. The van der Waals surface area contributed by atoms with E-state index < -0.39 is 0 Å². The maximum atomic E-state index is 5.25. The minimum absolute atomic E-state index is 0.860. The molecule has 0 amide bonds. The zero-order chi connectivity index (χ0) is 9.07. The maximum Gasteiger partial charge on any atom is 0.0465 e. The lowest BCUT2D eigenvalue weighted by Crippen LogP contribution is -1.92. The second-order valence-electron chi connectivity index (χ2n) is 2.97. The van der Waals surface area contributed by atoms with Gasteiger partial charge in [0.2, 0.25) is 0 Å². The van der Waals surface area contributed by atoms with E-state index >= 15 is 0 Å². The molecule has 0 saturated carbocycles. The Balaban J connectivity index is 2.81. The lowest BCUT2D eigenvalue weighted by Gasteiger charge is -1.99. The molecule has 1 nitrogen and oxygen atoms in total. The molecule has 0 aromatic heterocycles. The maximum absolute atomic E-state index is 5.25. The van der Waals surface area contributed by atoms with Crippen molar-refractivity contribution >= 4 is 0 Å². The second-order valence-corrected chi connectivity index (χ2v) is 2.97. The Kier molecular flexibility index (Phi) is 10.4. The van der Waals surface area contributed by atoms with Crippen LogP contribution in [0.2, 0.25) is 0 Å². The van der Waals surface area contributed by atoms with Crippen molar-refractivity contribution < 1.29 is 4.74 Å². The largest absolute Gasteiger partial charge is 0.382 e. The summed E-state index contributed by atoms with van der Waals surface area (Å²) in [5.41, 5.74) is 0. The van der Waals surface area contributed by atoms with Gasteiger partial charge in [0, 0.05) is 13.2 Å². The van der Waals surface area contributed by atoms with Crippen LogP contribution in [0, 0.1) is 0 Å². The summed E-state index contributed by atoms with van der Waals surface area (Å²) in [4.78, 5) is 0. The highest BCUT2D eigenvalue weighted by Gasteiger charge is 1.88. The van der Waals surface area contributed by atoms with Gasteiger partial charge in [0.25, 0.3) is 0 Å². The first-order valence-electron chi connectivity index (χ1n) is 5.10. The van der Waals surface area contributed by atoms with Gasteiger partial charge in [-0.15, -0.1) is 0 Å². The predicted molar refractivity (Wildman–Crippen MR) is 54.4 cm³/mol. The standard InChI is InChI=1S/C11H22O/c1-3-5-6-7-8-9-10-11-12-4-2/h3,5H,4,6-11H2,1-2H3. The Morgan fingerprint density at radius 3 is 2.50 bits per heavy atom. The first-order chi connectivity index (χ1) is 5.91. The van der Waals surface area contributed by atoms with Crippen LogP contribution in [0.25, 0.3) is 0 Å². The van der Waals surface area contributed by atoms with Crippen LogP contribution in [0.15, 0.2) is 12.2 Å². The van der Waals surface area contributed by atoms with E-state index in [9.17, 15) is 0 Å². The van der Waals surface area contributed by atoms with Crippen LogP contribution < -0.4 is 0 Å². The molecule has 0 aliphatic rings. The molecule has 0 aliphatic carbocycles. The van der Waals surface area contributed by atoms with Gasteiger partial charge in [-0.1, -0.05) is 25.0 Å². The molecule has 0 unspecified atom stereocenters. The fourth-order valence-corrected chi connectivity index (χ4v) is 1.13. The highest BCUT2D eigenvalue weighted by Crippen LogP contribution is 2.03. The third kappa shape index (κ3) is 9.70. The van der Waals surface area contributed by atoms with Gasteiger partial charge in [0.05, 0.1) is 0 Å². The van der Waals surface area contributed by atoms with Crippen LogP contribution in [0.3, 0.4) is 0 Å². The predicted octanol–water partition coefficient (Wildman–Crippen LogP) is 3.55. The van der Waals surface area contributed by atoms with E-state index in [2.05, 4.69) is 19.1 Å². The molecule has 12 heavy (non-hydrogen) atoms. The second kappa shape index (κ2) is 10.7. The third-order valence-corrected chi connectivity index (χ3v) is 1.85. The highest BCUT2D eigenvalue weighted by atomic mass is 16.5. The van der Waals surface area contributed by atoms with Gasteiger partial charge in [-0.2, -0.15) is 0 Å². The molecule has 0 fully saturated rings. The Bertz CT molecular complexity index is 97.2. The summed E-state index contributed by atoms with van der Waals surface area (Å²) < 4.78 is 5.25. The van der Waals surface area contributed by atoms with Crippen molar-refractivity contribution in [3.8, 4) is 0 Å². The topological polar surface area (TPSA) is 9.23 Å². The van der Waals surface area contributed by atoms with Gasteiger partial charge in [-0.3, -0.25) is 0 Å². The lowest BCUT2D eigenvalue weighted by molar-refractivity contribution is 0.143. The lowest BCUT2D eigenvalue weighted by atomic mass is 10.1. The first-order valence-corrected chi connectivity index (χ1v) is 5.10. The summed E-state index contributed by atoms with van der Waals surface area (Å²) in [5.74, 6) is 0. The molecule has 0 saturated heterocycles. The van der Waals surface area contributed by atoms with Gasteiger partial charge >= 0.3 is 0 Å². The molecule has 0 spiro atoms. The number of hydrogen-bond donors (Lipinski definition) is 0. The normalized spacial score (nSPS) is 11.2. The van der Waals surface area contributed by atoms with Gasteiger partial charge in [-0.25, -0.2) is 0 Å². The van der Waals surface area contributed by atoms with Gasteiger partial charge in [0.15, 0.2) is 0 Å². The average molecular weight is 170 g/mol. The highest BCUT2D eigenvalue weighted by molar-refractivity contribution is 4.76. The van der Waals surface area contributed by atoms with E-state index in [0.717, 1.165) is 13.2 Å². The smallest absolute Gasteiger partial charge is 0.0465 e. The van der Waals surface area contributed by atoms with Crippen LogP contribution >= 0.6 is 0 Å². The van der Waals surface area contributed by atoms with Gasteiger partial charge in [0.1, 0.15) is 0 Å². The Morgan fingerprint density at radius 2 is 1.83 bits per heavy atom. The molecule has 72 valence electrons. The van der Waals surface area contributed by atoms with Crippen LogP contribution in [-0.4, -0.2) is 13.2 Å². The average Bonchev–Trinajstić information content (AvgIpc) is 2.10. The molecular formula is C11H22O. The minimum atomic E-state index is 0.860. The molecule has 0 aromatic rings. The van der Waals surface area contributed by atoms with E-state index in [-0.39, 0.29) is 0 Å². The first kappa shape index (κ1) is 11.7. The van der Waals surface area contributed by atoms with E-state index in [1.807, 2.05) is 6.92 Å². The van der Waals surface area contributed by atoms with Crippen molar-refractivity contribution in [3.05, 3.63) is 12.2 Å². The van der Waals surface area contributed by atoms with E-state index in [4.69, 9.17) is 4.74 Å². The monoisotopic (exact) mass is 170 g/mol. The summed E-state index contributed by atoms with van der Waals surface area (Å²) in [5, 5.41) is 0. The SMILES string of the molecule is CC=CCCCCCCOCC. The van der Waals surface area contributed by atoms with Crippen molar-refractivity contribution in [2.24, 2.45) is 0 Å². The quantitative estimate of drug-likeness (QED) is 0.400. The molecule has 0 atom stereocenters. The molecule has 0 rings (SSSR count). The van der Waals surface area contributed by atoms with Crippen molar-refractivity contribution in [2.75, 3.05) is 13.2 Å². The van der Waals surface area contributed by atoms with E-state index in [1.54, 1.807) is 0 Å². The van der Waals surface area contributed by atoms with Gasteiger partial charge < -0.3 is 4.74 Å². The molecule has 0 N–H and O–H groups in total. The zero-order valence-corrected chi connectivity index (χ0v) is 8.51. The van der Waals surface area contributed by atoms with Crippen molar-refractivity contribution in [3.63, 3.8) is 0 Å². The number of rotatable bonds is 8. The molecule has 1 heteroatoms. The Hall–Kier alpha value is -0.300. The number of unbranched alkanes of at least 4 members (excludes halogenated alkanes) is 4. The van der Waals surface area contributed by atoms with E-state index in [0.29, 0.717) is 0 Å². The molecule has 0 bridgehead atoms. The molecule has 0 radical (unpaired) electrons. The van der Waals surface area contributed by atoms with Crippen molar-refractivity contribution in [1.29, 1.82) is 0 Å². The van der Waals surface area contributed by atoms with E-state index in [1.165, 1.54) is 32.1 Å². The molecular weight excluding hydrogens is 148 g/mol. The summed E-state index contributed by atoms with van der Waals surface area (Å²) in [6.07, 6.45) is 10.8. The Morgan fingerprint density at radius 1 is 1.08 bits per heavy atom. The third-order valence-electron chi connectivity index (χ3n) is 1.85. The fraction of sp³-hybridized carbons (Fsp3) is 0.818. The minimum Gasteiger partial charge on any atom is -0.382 e. The van der Waals surface area contributed by atoms with Crippen molar-refractivity contribution in [2.45, 2.75) is 46.0 Å². The van der Waals surface area contributed by atoms with Crippen LogP contribution in [-0.2, 0) is 4.74 Å². The van der Waals surface area contributed by atoms with Gasteiger partial charge in [-0.05, 0) is 33.1 Å². The van der Waals surface area contributed by atoms with Crippen LogP contribution in [0.1, 0.15) is 46.0 Å². The fourth-order valence-electron chi connectivity index (χ4n) is 1.13. The summed E-state index contributed by atoms with van der Waals surface area (Å²) in [6, 6.07) is 0. The molecule has 0 heterocycles. The summed E-state index contributed by atoms with van der Waals surface area (Å²) >= 11 is 0. The Labute approximate surface area is 76.8 Å². The zero-order valence-electron chi connectivity index (χ0n) is 8.51.